The molecule has 0 aromatic carbocycles. The third-order valence-corrected chi connectivity index (χ3v) is 1.04. The summed E-state index contributed by atoms with van der Waals surface area (Å²) in [7, 11) is 0. The van der Waals surface area contributed by atoms with E-state index in [-0.39, 0.29) is 5.54 Å². The molecule has 0 radical (unpaired) electrons. The second-order valence-corrected chi connectivity index (χ2v) is 4.08. The van der Waals surface area contributed by atoms with E-state index in [1.165, 1.54) is 0 Å². The molecular formula is C10H19N. The Morgan fingerprint density at radius 2 is 1.73 bits per heavy atom. The highest BCUT2D eigenvalue weighted by molar-refractivity contribution is 5.71. The molecule has 0 fully saturated rings. The number of hydrogen-bond acceptors (Lipinski definition) is 1. The normalized spacial score (nSPS) is 14.0. The van der Waals surface area contributed by atoms with Gasteiger partial charge < -0.3 is 0 Å². The van der Waals surface area contributed by atoms with Crippen LogP contribution in [-0.4, -0.2) is 11.8 Å². The lowest BCUT2D eigenvalue weighted by molar-refractivity contribution is 0.587. The molecule has 0 saturated heterocycles. The zero-order valence-electron chi connectivity index (χ0n) is 8.26. The minimum absolute atomic E-state index is 0.0569. The van der Waals surface area contributed by atoms with Gasteiger partial charge in [0.05, 0.1) is 5.54 Å². The van der Waals surface area contributed by atoms with Crippen molar-refractivity contribution >= 4 is 6.21 Å². The van der Waals surface area contributed by atoms with Crippen molar-refractivity contribution < 1.29 is 0 Å². The highest BCUT2D eigenvalue weighted by Crippen LogP contribution is 2.04. The summed E-state index contributed by atoms with van der Waals surface area (Å²) in [6, 6.07) is 0. The number of allylic oxidation sites excluding steroid dienone is 2. The molecular weight excluding hydrogens is 134 g/mol. The fourth-order valence-electron chi connectivity index (χ4n) is 0.539. The number of aliphatic imine (C=N–C) groups is 1. The van der Waals surface area contributed by atoms with Gasteiger partial charge in [-0.25, -0.2) is 0 Å². The van der Waals surface area contributed by atoms with Crippen LogP contribution >= 0.6 is 0 Å². The monoisotopic (exact) mass is 153 g/mol. The van der Waals surface area contributed by atoms with E-state index in [9.17, 15) is 0 Å². The molecule has 0 aliphatic rings. The van der Waals surface area contributed by atoms with Crippen molar-refractivity contribution in [2.45, 2.75) is 40.2 Å². The third kappa shape index (κ3) is 9.41. The van der Waals surface area contributed by atoms with Crippen LogP contribution in [0.2, 0.25) is 0 Å². The molecule has 1 heteroatoms. The maximum Gasteiger partial charge on any atom is 0.0524 e. The Balaban J connectivity index is 3.78. The third-order valence-electron chi connectivity index (χ3n) is 1.04. The fraction of sp³-hybridized carbons (Fsp3) is 0.700. The Morgan fingerprint density at radius 3 is 2.09 bits per heavy atom. The summed E-state index contributed by atoms with van der Waals surface area (Å²) in [4.78, 5) is 4.32. The fourth-order valence-corrected chi connectivity index (χ4v) is 0.539. The molecule has 0 aliphatic heterocycles. The van der Waals surface area contributed by atoms with Crippen LogP contribution in [0, 0.1) is 5.92 Å². The summed E-state index contributed by atoms with van der Waals surface area (Å²) < 4.78 is 0. The van der Waals surface area contributed by atoms with Gasteiger partial charge in [-0.2, -0.15) is 0 Å². The standard InChI is InChI=1S/C10H19N/c1-9(2)7-6-8-11-10(3,4)5/h6-9H,1-5H3/b7-6-,11-8-. The van der Waals surface area contributed by atoms with E-state index in [1.807, 2.05) is 12.3 Å². The Morgan fingerprint density at radius 1 is 1.18 bits per heavy atom. The summed E-state index contributed by atoms with van der Waals surface area (Å²) in [5, 5.41) is 0. The van der Waals surface area contributed by atoms with Gasteiger partial charge in [0.25, 0.3) is 0 Å². The second-order valence-electron chi connectivity index (χ2n) is 4.08. The Kier molecular flexibility index (Phi) is 4.09. The molecule has 0 amide bonds. The van der Waals surface area contributed by atoms with Crippen molar-refractivity contribution in [2.24, 2.45) is 10.9 Å². The van der Waals surface area contributed by atoms with Crippen LogP contribution in [0.4, 0.5) is 0 Å². The average Bonchev–Trinajstić information content (AvgIpc) is 1.78. The van der Waals surface area contributed by atoms with Gasteiger partial charge in [-0.05, 0) is 32.8 Å². The van der Waals surface area contributed by atoms with E-state index in [2.05, 4.69) is 45.7 Å². The molecule has 0 heterocycles. The number of nitrogens with zero attached hydrogens (tertiary/aromatic N) is 1. The van der Waals surface area contributed by atoms with E-state index >= 15 is 0 Å². The zero-order chi connectivity index (χ0) is 8.91. The summed E-state index contributed by atoms with van der Waals surface area (Å²) >= 11 is 0. The van der Waals surface area contributed by atoms with Gasteiger partial charge in [0.2, 0.25) is 0 Å². The molecule has 11 heavy (non-hydrogen) atoms. The molecule has 0 unspecified atom stereocenters. The van der Waals surface area contributed by atoms with Gasteiger partial charge in [0.15, 0.2) is 0 Å². The van der Waals surface area contributed by atoms with Crippen LogP contribution < -0.4 is 0 Å². The van der Waals surface area contributed by atoms with Crippen LogP contribution in [-0.2, 0) is 0 Å². The maximum absolute atomic E-state index is 4.32. The molecule has 0 N–H and O–H groups in total. The Hall–Kier alpha value is -0.590. The number of hydrogen-bond donors (Lipinski definition) is 0. The van der Waals surface area contributed by atoms with Crippen molar-refractivity contribution in [1.82, 2.24) is 0 Å². The minimum Gasteiger partial charge on any atom is -0.287 e. The van der Waals surface area contributed by atoms with Gasteiger partial charge in [0, 0.05) is 6.21 Å². The molecule has 0 aromatic heterocycles. The molecule has 1 nitrogen and oxygen atoms in total. The van der Waals surface area contributed by atoms with Crippen LogP contribution in [0.5, 0.6) is 0 Å². The SMILES string of the molecule is CC(C)/C=C\C=N/C(C)(C)C. The molecule has 0 aromatic rings. The van der Waals surface area contributed by atoms with Crippen LogP contribution in [0.25, 0.3) is 0 Å². The minimum atomic E-state index is 0.0569. The average molecular weight is 153 g/mol. The summed E-state index contributed by atoms with van der Waals surface area (Å²) in [6.07, 6.45) is 6.02. The van der Waals surface area contributed by atoms with E-state index < -0.39 is 0 Å². The van der Waals surface area contributed by atoms with Crippen LogP contribution in [0.1, 0.15) is 34.6 Å². The first-order valence-electron chi connectivity index (χ1n) is 4.14. The smallest absolute Gasteiger partial charge is 0.0524 e. The maximum atomic E-state index is 4.32. The van der Waals surface area contributed by atoms with Gasteiger partial charge in [-0.3, -0.25) is 4.99 Å². The van der Waals surface area contributed by atoms with Crippen molar-refractivity contribution in [3.63, 3.8) is 0 Å². The van der Waals surface area contributed by atoms with Crippen molar-refractivity contribution in [3.8, 4) is 0 Å². The number of rotatable bonds is 2. The van der Waals surface area contributed by atoms with E-state index in [0.29, 0.717) is 5.92 Å². The Labute approximate surface area is 70.2 Å². The summed E-state index contributed by atoms with van der Waals surface area (Å²) in [6.45, 7) is 10.6. The highest BCUT2D eigenvalue weighted by atomic mass is 14.8. The molecule has 0 spiro atoms. The lowest BCUT2D eigenvalue weighted by Gasteiger charge is -2.09. The first-order valence-corrected chi connectivity index (χ1v) is 4.14. The molecule has 0 aliphatic carbocycles. The van der Waals surface area contributed by atoms with Gasteiger partial charge in [-0.1, -0.05) is 19.9 Å². The van der Waals surface area contributed by atoms with Gasteiger partial charge >= 0.3 is 0 Å². The summed E-state index contributed by atoms with van der Waals surface area (Å²) in [5.41, 5.74) is 0.0569. The van der Waals surface area contributed by atoms with Crippen LogP contribution in [0.15, 0.2) is 17.1 Å². The van der Waals surface area contributed by atoms with Gasteiger partial charge in [0.1, 0.15) is 0 Å². The van der Waals surface area contributed by atoms with Crippen molar-refractivity contribution in [1.29, 1.82) is 0 Å². The zero-order valence-corrected chi connectivity index (χ0v) is 8.26. The first kappa shape index (κ1) is 10.4. The van der Waals surface area contributed by atoms with Crippen molar-refractivity contribution in [2.75, 3.05) is 0 Å². The van der Waals surface area contributed by atoms with E-state index in [4.69, 9.17) is 0 Å². The van der Waals surface area contributed by atoms with Crippen molar-refractivity contribution in [3.05, 3.63) is 12.2 Å². The highest BCUT2D eigenvalue weighted by Gasteiger charge is 2.02. The predicted molar refractivity (Wildman–Crippen MR) is 52.2 cm³/mol. The molecule has 0 bridgehead atoms. The van der Waals surface area contributed by atoms with E-state index in [1.54, 1.807) is 0 Å². The Bertz CT molecular complexity index is 147. The first-order chi connectivity index (χ1) is 4.92. The summed E-state index contributed by atoms with van der Waals surface area (Å²) in [5.74, 6) is 0.612. The van der Waals surface area contributed by atoms with Gasteiger partial charge in [-0.15, -0.1) is 0 Å². The van der Waals surface area contributed by atoms with Crippen LogP contribution in [0.3, 0.4) is 0 Å². The van der Waals surface area contributed by atoms with E-state index in [0.717, 1.165) is 0 Å². The molecule has 0 saturated carbocycles. The second kappa shape index (κ2) is 4.32. The molecule has 0 atom stereocenters. The topological polar surface area (TPSA) is 12.4 Å². The predicted octanol–water partition coefficient (Wildman–Crippen LogP) is 3.07. The molecule has 0 rings (SSSR count). The lowest BCUT2D eigenvalue weighted by atomic mass is 10.1. The lowest BCUT2D eigenvalue weighted by Crippen LogP contribution is -2.08. The quantitative estimate of drug-likeness (QED) is 0.541. The molecule has 64 valence electrons. The largest absolute Gasteiger partial charge is 0.287 e.